The number of nitrogens with one attached hydrogen (secondary N) is 1. The maximum Gasteiger partial charge on any atom is 0.150 e. The number of hydrogen-bond donors (Lipinski definition) is 1. The van der Waals surface area contributed by atoms with Gasteiger partial charge in [0, 0.05) is 12.8 Å². The van der Waals surface area contributed by atoms with E-state index in [4.69, 9.17) is 9.47 Å². The van der Waals surface area contributed by atoms with E-state index in [1.165, 1.54) is 0 Å². The number of para-hydroxylation sites is 1. The van der Waals surface area contributed by atoms with Crippen molar-refractivity contribution < 1.29 is 9.47 Å². The first-order valence-electron chi connectivity index (χ1n) is 5.03. The minimum atomic E-state index is -0.0916. The summed E-state index contributed by atoms with van der Waals surface area (Å²) in [5, 5.41) is 3.29. The maximum absolute atomic E-state index is 5.41. The van der Waals surface area contributed by atoms with Crippen molar-refractivity contribution in [2.75, 3.05) is 25.6 Å². The standard InChI is InChI=1S/C12H15NO2/c1-14-12-9-15-8-4-6-10-5-2-3-7-11(10)13-12/h2-7,12-13H,8-9H2,1H3/b6-4-. The summed E-state index contributed by atoms with van der Waals surface area (Å²) in [4.78, 5) is 0. The normalized spacial score (nSPS) is 22.9. The highest BCUT2D eigenvalue weighted by molar-refractivity contribution is 5.66. The third kappa shape index (κ3) is 2.58. The number of anilines is 1. The first-order valence-corrected chi connectivity index (χ1v) is 5.03. The summed E-state index contributed by atoms with van der Waals surface area (Å²) >= 11 is 0. The van der Waals surface area contributed by atoms with Crippen LogP contribution in [0.2, 0.25) is 0 Å². The molecule has 3 heteroatoms. The van der Waals surface area contributed by atoms with Crippen molar-refractivity contribution >= 4 is 11.8 Å². The van der Waals surface area contributed by atoms with E-state index in [-0.39, 0.29) is 6.23 Å². The molecule has 1 N–H and O–H groups in total. The minimum Gasteiger partial charge on any atom is -0.373 e. The summed E-state index contributed by atoms with van der Waals surface area (Å²) in [6.45, 7) is 1.17. The largest absolute Gasteiger partial charge is 0.373 e. The molecular weight excluding hydrogens is 190 g/mol. The smallest absolute Gasteiger partial charge is 0.150 e. The Hall–Kier alpha value is -1.32. The van der Waals surface area contributed by atoms with Gasteiger partial charge in [-0.3, -0.25) is 0 Å². The molecule has 0 bridgehead atoms. The molecule has 1 atom stereocenters. The molecule has 1 heterocycles. The van der Waals surface area contributed by atoms with Crippen molar-refractivity contribution in [1.82, 2.24) is 0 Å². The van der Waals surface area contributed by atoms with Crippen LogP contribution in [0.3, 0.4) is 0 Å². The van der Waals surface area contributed by atoms with E-state index in [0.29, 0.717) is 13.2 Å². The van der Waals surface area contributed by atoms with Crippen LogP contribution in [-0.4, -0.2) is 26.6 Å². The molecule has 2 rings (SSSR count). The van der Waals surface area contributed by atoms with Crippen molar-refractivity contribution in [2.24, 2.45) is 0 Å². The highest BCUT2D eigenvalue weighted by atomic mass is 16.5. The van der Waals surface area contributed by atoms with Crippen LogP contribution >= 0.6 is 0 Å². The Kier molecular flexibility index (Phi) is 3.37. The van der Waals surface area contributed by atoms with Gasteiger partial charge in [0.15, 0.2) is 6.23 Å². The summed E-state index contributed by atoms with van der Waals surface area (Å²) in [7, 11) is 1.68. The summed E-state index contributed by atoms with van der Waals surface area (Å²) in [6, 6.07) is 8.13. The number of hydrogen-bond acceptors (Lipinski definition) is 3. The molecule has 0 aromatic heterocycles. The predicted octanol–water partition coefficient (Wildman–Crippen LogP) is 2.11. The van der Waals surface area contributed by atoms with E-state index in [9.17, 15) is 0 Å². The number of ether oxygens (including phenoxy) is 2. The minimum absolute atomic E-state index is 0.0916. The fraction of sp³-hybridized carbons (Fsp3) is 0.333. The highest BCUT2D eigenvalue weighted by Crippen LogP contribution is 2.18. The highest BCUT2D eigenvalue weighted by Gasteiger charge is 2.09. The number of fused-ring (bicyclic) bond motifs is 1. The van der Waals surface area contributed by atoms with Gasteiger partial charge in [0.2, 0.25) is 0 Å². The van der Waals surface area contributed by atoms with Gasteiger partial charge in [0.25, 0.3) is 0 Å². The van der Waals surface area contributed by atoms with Gasteiger partial charge in [-0.15, -0.1) is 0 Å². The van der Waals surface area contributed by atoms with Crippen LogP contribution in [0.5, 0.6) is 0 Å². The molecule has 0 fully saturated rings. The van der Waals surface area contributed by atoms with E-state index in [2.05, 4.69) is 17.5 Å². The van der Waals surface area contributed by atoms with Gasteiger partial charge in [-0.2, -0.15) is 0 Å². The second-order valence-electron chi connectivity index (χ2n) is 3.40. The molecule has 0 radical (unpaired) electrons. The van der Waals surface area contributed by atoms with Gasteiger partial charge < -0.3 is 14.8 Å². The molecule has 0 aliphatic carbocycles. The Morgan fingerprint density at radius 1 is 1.40 bits per heavy atom. The summed E-state index contributed by atoms with van der Waals surface area (Å²) in [5.41, 5.74) is 2.23. The van der Waals surface area contributed by atoms with E-state index in [0.717, 1.165) is 11.3 Å². The zero-order valence-corrected chi connectivity index (χ0v) is 8.77. The molecule has 0 amide bonds. The van der Waals surface area contributed by atoms with Crippen molar-refractivity contribution in [3.8, 4) is 0 Å². The van der Waals surface area contributed by atoms with Crippen molar-refractivity contribution in [2.45, 2.75) is 6.23 Å². The van der Waals surface area contributed by atoms with Crippen LogP contribution in [0.25, 0.3) is 6.08 Å². The Morgan fingerprint density at radius 2 is 2.27 bits per heavy atom. The fourth-order valence-corrected chi connectivity index (χ4v) is 1.53. The lowest BCUT2D eigenvalue weighted by molar-refractivity contribution is 0.0338. The Morgan fingerprint density at radius 3 is 3.13 bits per heavy atom. The SMILES string of the molecule is COC1COC/C=C\c2ccccc2N1. The average Bonchev–Trinajstić information content (AvgIpc) is 2.38. The summed E-state index contributed by atoms with van der Waals surface area (Å²) in [5.74, 6) is 0. The van der Waals surface area contributed by atoms with E-state index in [1.807, 2.05) is 24.3 Å². The molecule has 1 unspecified atom stereocenters. The lowest BCUT2D eigenvalue weighted by atomic mass is 10.1. The molecule has 1 aliphatic rings. The van der Waals surface area contributed by atoms with Crippen LogP contribution in [0.1, 0.15) is 5.56 Å². The van der Waals surface area contributed by atoms with Crippen molar-refractivity contribution in [1.29, 1.82) is 0 Å². The number of rotatable bonds is 1. The third-order valence-corrected chi connectivity index (χ3v) is 2.34. The second kappa shape index (κ2) is 4.96. The first kappa shape index (κ1) is 10.2. The Bertz CT molecular complexity index is 349. The molecule has 0 spiro atoms. The number of methoxy groups -OCH3 is 1. The topological polar surface area (TPSA) is 30.5 Å². The molecule has 1 aliphatic heterocycles. The number of benzene rings is 1. The van der Waals surface area contributed by atoms with E-state index < -0.39 is 0 Å². The molecule has 15 heavy (non-hydrogen) atoms. The van der Waals surface area contributed by atoms with Gasteiger partial charge in [-0.1, -0.05) is 30.4 Å². The zero-order valence-electron chi connectivity index (χ0n) is 8.77. The van der Waals surface area contributed by atoms with Gasteiger partial charge in [-0.25, -0.2) is 0 Å². The molecule has 0 saturated heterocycles. The predicted molar refractivity (Wildman–Crippen MR) is 60.7 cm³/mol. The second-order valence-corrected chi connectivity index (χ2v) is 3.40. The van der Waals surface area contributed by atoms with Gasteiger partial charge >= 0.3 is 0 Å². The van der Waals surface area contributed by atoms with Gasteiger partial charge in [-0.05, 0) is 11.6 Å². The molecular formula is C12H15NO2. The van der Waals surface area contributed by atoms with E-state index >= 15 is 0 Å². The average molecular weight is 205 g/mol. The summed E-state index contributed by atoms with van der Waals surface area (Å²) < 4.78 is 10.7. The van der Waals surface area contributed by atoms with Crippen LogP contribution in [0, 0.1) is 0 Å². The lowest BCUT2D eigenvalue weighted by Crippen LogP contribution is -2.27. The van der Waals surface area contributed by atoms with Crippen molar-refractivity contribution in [3.05, 3.63) is 35.9 Å². The van der Waals surface area contributed by atoms with Crippen LogP contribution in [0.4, 0.5) is 5.69 Å². The summed E-state index contributed by atoms with van der Waals surface area (Å²) in [6.07, 6.45) is 3.98. The Balaban J connectivity index is 2.26. The van der Waals surface area contributed by atoms with Gasteiger partial charge in [0.1, 0.15) is 0 Å². The van der Waals surface area contributed by atoms with Crippen LogP contribution in [-0.2, 0) is 9.47 Å². The van der Waals surface area contributed by atoms with Crippen LogP contribution < -0.4 is 5.32 Å². The molecule has 1 aromatic rings. The van der Waals surface area contributed by atoms with Crippen molar-refractivity contribution in [3.63, 3.8) is 0 Å². The lowest BCUT2D eigenvalue weighted by Gasteiger charge is -2.18. The molecule has 1 aromatic carbocycles. The van der Waals surface area contributed by atoms with Gasteiger partial charge in [0.05, 0.1) is 13.2 Å². The molecule has 3 nitrogen and oxygen atoms in total. The zero-order chi connectivity index (χ0) is 10.5. The monoisotopic (exact) mass is 205 g/mol. The van der Waals surface area contributed by atoms with E-state index in [1.54, 1.807) is 7.11 Å². The Labute approximate surface area is 89.7 Å². The molecule has 0 saturated carbocycles. The van der Waals surface area contributed by atoms with Crippen LogP contribution in [0.15, 0.2) is 30.3 Å². The third-order valence-electron chi connectivity index (χ3n) is 2.34. The maximum atomic E-state index is 5.41. The molecule has 80 valence electrons. The fourth-order valence-electron chi connectivity index (χ4n) is 1.53. The first-order chi connectivity index (χ1) is 7.40. The quantitative estimate of drug-likeness (QED) is 0.761.